The van der Waals surface area contributed by atoms with Crippen LogP contribution in [0.1, 0.15) is 16.7 Å². The molecule has 176 valence electrons. The number of aromatic nitrogens is 1. The molecule has 0 saturated carbocycles. The zero-order chi connectivity index (χ0) is 24.2. The molecular formula is C26H28N4O3S. The third-order valence-electron chi connectivity index (χ3n) is 5.84. The lowest BCUT2D eigenvalue weighted by Crippen LogP contribution is -2.30. The van der Waals surface area contributed by atoms with Crippen LogP contribution in [0.5, 0.6) is 0 Å². The number of thioether (sulfide) groups is 1. The van der Waals surface area contributed by atoms with E-state index in [1.165, 1.54) is 11.8 Å². The number of hydrogen-bond acceptors (Lipinski definition) is 5. The molecule has 4 rings (SSSR count). The highest BCUT2D eigenvalue weighted by Crippen LogP contribution is 2.35. The van der Waals surface area contributed by atoms with Crippen LogP contribution in [-0.4, -0.2) is 53.8 Å². The number of carbonyl (C=O) groups is 2. The van der Waals surface area contributed by atoms with Gasteiger partial charge < -0.3 is 14.6 Å². The fourth-order valence-electron chi connectivity index (χ4n) is 3.78. The van der Waals surface area contributed by atoms with Crippen LogP contribution in [-0.2, 0) is 20.9 Å². The van der Waals surface area contributed by atoms with Crippen LogP contribution in [0.2, 0.25) is 0 Å². The number of amides is 2. The van der Waals surface area contributed by atoms with E-state index >= 15 is 0 Å². The molecule has 2 amide bonds. The van der Waals surface area contributed by atoms with Gasteiger partial charge in [0, 0.05) is 43.4 Å². The molecule has 1 aromatic heterocycles. The molecule has 7 nitrogen and oxygen atoms in total. The molecule has 1 N–H and O–H groups in total. The first-order valence-electron chi connectivity index (χ1n) is 11.0. The van der Waals surface area contributed by atoms with Crippen molar-refractivity contribution in [3.05, 3.63) is 70.3 Å². The summed E-state index contributed by atoms with van der Waals surface area (Å²) in [5.74, 6) is -0.186. The Kier molecular flexibility index (Phi) is 7.19. The van der Waals surface area contributed by atoms with Crippen LogP contribution < -0.4 is 5.32 Å². The van der Waals surface area contributed by atoms with E-state index < -0.39 is 0 Å². The lowest BCUT2D eigenvalue weighted by molar-refractivity contribution is -0.122. The summed E-state index contributed by atoms with van der Waals surface area (Å²) in [5, 5.41) is 4.48. The molecule has 1 saturated heterocycles. The number of ether oxygens (including phenoxy) is 1. The van der Waals surface area contributed by atoms with Gasteiger partial charge in [-0.15, -0.1) is 0 Å². The number of benzene rings is 2. The van der Waals surface area contributed by atoms with Crippen molar-refractivity contribution in [2.24, 2.45) is 4.99 Å². The van der Waals surface area contributed by atoms with Gasteiger partial charge in [-0.2, -0.15) is 0 Å². The standard InChI is InChI=1S/C26H28N4O3S/c1-17-8-7-10-21(18(17)2)28-26-29(3)25(32)23(34-26)14-19-15-30(16-24(31)27-12-13-33-4)22-11-6-5-9-20(19)22/h5-11,14-15H,12-13,16H2,1-4H3,(H,27,31). The van der Waals surface area contributed by atoms with E-state index in [0.717, 1.165) is 33.3 Å². The monoisotopic (exact) mass is 476 g/mol. The van der Waals surface area contributed by atoms with Crippen LogP contribution in [0.25, 0.3) is 17.0 Å². The fraction of sp³-hybridized carbons (Fsp3) is 0.269. The van der Waals surface area contributed by atoms with Crippen molar-refractivity contribution < 1.29 is 14.3 Å². The number of hydrogen-bond donors (Lipinski definition) is 1. The van der Waals surface area contributed by atoms with Gasteiger partial charge in [-0.05, 0) is 54.9 Å². The highest BCUT2D eigenvalue weighted by molar-refractivity contribution is 8.18. The van der Waals surface area contributed by atoms with Crippen molar-refractivity contribution in [2.45, 2.75) is 20.4 Å². The fourth-order valence-corrected chi connectivity index (χ4v) is 4.75. The average molecular weight is 477 g/mol. The third kappa shape index (κ3) is 4.93. The number of para-hydroxylation sites is 1. The number of aliphatic imine (C=N–C) groups is 1. The molecule has 1 aliphatic rings. The van der Waals surface area contributed by atoms with Gasteiger partial charge in [0.25, 0.3) is 5.91 Å². The molecule has 0 aliphatic carbocycles. The van der Waals surface area contributed by atoms with E-state index in [1.807, 2.05) is 60.2 Å². The van der Waals surface area contributed by atoms with Crippen LogP contribution in [0.15, 0.2) is 58.6 Å². The average Bonchev–Trinajstić information content (AvgIpc) is 3.29. The Balaban J connectivity index is 1.63. The van der Waals surface area contributed by atoms with Gasteiger partial charge in [-0.1, -0.05) is 30.3 Å². The number of likely N-dealkylation sites (N-methyl/N-ethyl adjacent to an activating group) is 1. The number of methoxy groups -OCH3 is 1. The molecular weight excluding hydrogens is 448 g/mol. The summed E-state index contributed by atoms with van der Waals surface area (Å²) in [6.45, 7) is 5.20. The maximum atomic E-state index is 13.0. The Morgan fingerprint density at radius 3 is 2.76 bits per heavy atom. The van der Waals surface area contributed by atoms with E-state index in [0.29, 0.717) is 23.2 Å². The summed E-state index contributed by atoms with van der Waals surface area (Å²) in [7, 11) is 3.34. The molecule has 0 atom stereocenters. The Hall–Kier alpha value is -3.36. The molecule has 0 unspecified atom stereocenters. The van der Waals surface area contributed by atoms with E-state index in [1.54, 1.807) is 19.1 Å². The summed E-state index contributed by atoms with van der Waals surface area (Å²) in [6.07, 6.45) is 3.80. The number of rotatable bonds is 7. The van der Waals surface area contributed by atoms with Crippen molar-refractivity contribution in [3.8, 4) is 0 Å². The first-order valence-corrected chi connectivity index (χ1v) is 11.9. The van der Waals surface area contributed by atoms with Gasteiger partial charge in [0.2, 0.25) is 5.91 Å². The molecule has 3 aromatic rings. The maximum absolute atomic E-state index is 13.0. The van der Waals surface area contributed by atoms with Crippen LogP contribution >= 0.6 is 11.8 Å². The van der Waals surface area contributed by atoms with E-state index in [2.05, 4.69) is 18.3 Å². The van der Waals surface area contributed by atoms with Crippen LogP contribution in [0, 0.1) is 13.8 Å². The summed E-state index contributed by atoms with van der Waals surface area (Å²) in [6, 6.07) is 13.9. The number of nitrogens with one attached hydrogen (secondary N) is 1. The molecule has 34 heavy (non-hydrogen) atoms. The lowest BCUT2D eigenvalue weighted by Gasteiger charge is -2.09. The minimum atomic E-state index is -0.0943. The smallest absolute Gasteiger partial charge is 0.266 e. The number of nitrogens with zero attached hydrogens (tertiary/aromatic N) is 3. The Bertz CT molecular complexity index is 1310. The number of amidine groups is 1. The van der Waals surface area contributed by atoms with Crippen molar-refractivity contribution in [1.29, 1.82) is 0 Å². The largest absolute Gasteiger partial charge is 0.383 e. The molecule has 1 fully saturated rings. The maximum Gasteiger partial charge on any atom is 0.266 e. The van der Waals surface area contributed by atoms with E-state index in [9.17, 15) is 9.59 Å². The SMILES string of the molecule is COCCNC(=O)Cn1cc(C=C2SC(=Nc3cccc(C)c3C)N(C)C2=O)c2ccccc21. The second-order valence-corrected chi connectivity index (χ2v) is 9.17. The predicted octanol–water partition coefficient (Wildman–Crippen LogP) is 4.25. The van der Waals surface area contributed by atoms with Crippen LogP contribution in [0.4, 0.5) is 5.69 Å². The highest BCUT2D eigenvalue weighted by Gasteiger charge is 2.31. The quantitative estimate of drug-likeness (QED) is 0.409. The Morgan fingerprint density at radius 1 is 1.18 bits per heavy atom. The topological polar surface area (TPSA) is 75.9 Å². The number of fused-ring (bicyclic) bond motifs is 1. The van der Waals surface area contributed by atoms with Crippen LogP contribution in [0.3, 0.4) is 0 Å². The van der Waals surface area contributed by atoms with Gasteiger partial charge in [0.15, 0.2) is 5.17 Å². The molecule has 0 bridgehead atoms. The zero-order valence-corrected chi connectivity index (χ0v) is 20.6. The summed E-state index contributed by atoms with van der Waals surface area (Å²) >= 11 is 1.36. The van der Waals surface area contributed by atoms with E-state index in [-0.39, 0.29) is 18.4 Å². The van der Waals surface area contributed by atoms with Crippen molar-refractivity contribution in [1.82, 2.24) is 14.8 Å². The zero-order valence-electron chi connectivity index (χ0n) is 19.8. The van der Waals surface area contributed by atoms with Gasteiger partial charge in [-0.3, -0.25) is 14.5 Å². The van der Waals surface area contributed by atoms with Crippen molar-refractivity contribution in [2.75, 3.05) is 27.3 Å². The first-order chi connectivity index (χ1) is 16.4. The molecule has 2 heterocycles. The van der Waals surface area contributed by atoms with Crippen molar-refractivity contribution >= 4 is 51.4 Å². The lowest BCUT2D eigenvalue weighted by atomic mass is 10.1. The second-order valence-electron chi connectivity index (χ2n) is 8.16. The minimum Gasteiger partial charge on any atom is -0.383 e. The summed E-state index contributed by atoms with van der Waals surface area (Å²) < 4.78 is 6.90. The van der Waals surface area contributed by atoms with Gasteiger partial charge in [0.05, 0.1) is 17.2 Å². The normalized spacial score (nSPS) is 16.2. The second kappa shape index (κ2) is 10.3. The Labute approximate surface area is 203 Å². The summed E-state index contributed by atoms with van der Waals surface area (Å²) in [5.41, 5.74) is 4.94. The minimum absolute atomic E-state index is 0.0917. The molecule has 0 radical (unpaired) electrons. The van der Waals surface area contributed by atoms with Gasteiger partial charge in [-0.25, -0.2) is 4.99 Å². The third-order valence-corrected chi connectivity index (χ3v) is 6.90. The van der Waals surface area contributed by atoms with Crippen molar-refractivity contribution in [3.63, 3.8) is 0 Å². The highest BCUT2D eigenvalue weighted by atomic mass is 32.2. The molecule has 1 aliphatic heterocycles. The Morgan fingerprint density at radius 2 is 1.97 bits per heavy atom. The number of carbonyl (C=O) groups excluding carboxylic acids is 2. The predicted molar refractivity (Wildman–Crippen MR) is 138 cm³/mol. The van der Waals surface area contributed by atoms with Gasteiger partial charge >= 0.3 is 0 Å². The molecule has 2 aromatic carbocycles. The van der Waals surface area contributed by atoms with Gasteiger partial charge in [0.1, 0.15) is 6.54 Å². The first kappa shape index (κ1) is 23.8. The number of aryl methyl sites for hydroxylation is 1. The molecule has 0 spiro atoms. The summed E-state index contributed by atoms with van der Waals surface area (Å²) in [4.78, 5) is 32.3. The molecule has 8 heteroatoms. The van der Waals surface area contributed by atoms with E-state index in [4.69, 9.17) is 9.73 Å².